The molecule has 2 N–H and O–H groups in total. The van der Waals surface area contributed by atoms with Crippen LogP contribution in [0, 0.1) is 4.77 Å². The molecular weight excluding hydrogens is 300 g/mol. The van der Waals surface area contributed by atoms with Gasteiger partial charge in [0.2, 0.25) is 5.88 Å². The van der Waals surface area contributed by atoms with Crippen molar-refractivity contribution in [3.63, 3.8) is 0 Å². The third-order valence-corrected chi connectivity index (χ3v) is 4.06. The fourth-order valence-corrected chi connectivity index (χ4v) is 2.78. The van der Waals surface area contributed by atoms with E-state index in [1.807, 2.05) is 0 Å². The lowest BCUT2D eigenvalue weighted by atomic mass is 10.1. The fourth-order valence-electron chi connectivity index (χ4n) is 2.53. The number of likely N-dealkylation sites (tertiary alicyclic amines) is 1. The van der Waals surface area contributed by atoms with Crippen molar-refractivity contribution < 1.29 is 5.11 Å². The summed E-state index contributed by atoms with van der Waals surface area (Å²) in [4.78, 5) is 21.1. The third kappa shape index (κ3) is 4.14. The number of hydrogen-bond acceptors (Lipinski definition) is 5. The molecule has 0 aromatic carbocycles. The highest BCUT2D eigenvalue weighted by atomic mass is 32.1. The van der Waals surface area contributed by atoms with Crippen LogP contribution in [-0.2, 0) is 6.54 Å². The average molecular weight is 322 g/mol. The van der Waals surface area contributed by atoms with Crippen LogP contribution in [0.4, 0.5) is 0 Å². The Hall–Kier alpha value is -1.73. The number of hydrogen-bond donors (Lipinski definition) is 2. The van der Waals surface area contributed by atoms with E-state index in [0.29, 0.717) is 13.1 Å². The van der Waals surface area contributed by atoms with Crippen LogP contribution in [0.1, 0.15) is 24.8 Å². The zero-order valence-electron chi connectivity index (χ0n) is 12.6. The summed E-state index contributed by atoms with van der Waals surface area (Å²) in [5.74, 6) is -0.171. The van der Waals surface area contributed by atoms with Gasteiger partial charge in [-0.15, -0.1) is 6.58 Å². The fraction of sp³-hybridized carbons (Fsp3) is 0.533. The Labute approximate surface area is 134 Å². The number of nitrogens with zero attached hydrogens (tertiary/aromatic N) is 3. The second-order valence-corrected chi connectivity index (χ2v) is 5.72. The second kappa shape index (κ2) is 8.05. The summed E-state index contributed by atoms with van der Waals surface area (Å²) >= 11 is 5.02. The first kappa shape index (κ1) is 16.6. The Morgan fingerprint density at radius 3 is 2.77 bits per heavy atom. The molecule has 1 aromatic heterocycles. The maximum atomic E-state index is 11.9. The average Bonchev–Trinajstić information content (AvgIpc) is 2.51. The third-order valence-electron chi connectivity index (χ3n) is 3.73. The van der Waals surface area contributed by atoms with E-state index in [2.05, 4.69) is 21.5 Å². The number of aromatic nitrogens is 2. The van der Waals surface area contributed by atoms with Crippen molar-refractivity contribution >= 4 is 18.4 Å². The van der Waals surface area contributed by atoms with Gasteiger partial charge >= 0.3 is 0 Å². The molecule has 0 aliphatic carbocycles. The summed E-state index contributed by atoms with van der Waals surface area (Å²) in [5.41, 5.74) is -0.293. The van der Waals surface area contributed by atoms with E-state index in [4.69, 9.17) is 12.2 Å². The molecule has 0 spiro atoms. The lowest BCUT2D eigenvalue weighted by Gasteiger charge is -2.25. The SMILES string of the molecule is C=CCn1c(O)c(C=NCCN2CCCCC2)c(=O)[nH]c1=S. The van der Waals surface area contributed by atoms with Crippen LogP contribution in [0.2, 0.25) is 0 Å². The molecule has 0 unspecified atom stereocenters. The van der Waals surface area contributed by atoms with Gasteiger partial charge in [-0.25, -0.2) is 0 Å². The molecule has 2 rings (SSSR count). The Balaban J connectivity index is 2.06. The number of rotatable bonds is 6. The van der Waals surface area contributed by atoms with Crippen LogP contribution < -0.4 is 5.56 Å². The molecule has 2 heterocycles. The van der Waals surface area contributed by atoms with Gasteiger partial charge in [0.1, 0.15) is 5.56 Å². The highest BCUT2D eigenvalue weighted by Crippen LogP contribution is 2.11. The van der Waals surface area contributed by atoms with Crippen molar-refractivity contribution in [3.8, 4) is 5.88 Å². The molecule has 1 aromatic rings. The standard InChI is InChI=1S/C15H22N4O2S/c1-2-7-19-14(21)12(13(20)17-15(19)22)11-16-6-10-18-8-4-3-5-9-18/h2,11,21H,1,3-10H2,(H,17,20,22). The summed E-state index contributed by atoms with van der Waals surface area (Å²) < 4.78 is 1.59. The second-order valence-electron chi connectivity index (χ2n) is 5.33. The largest absolute Gasteiger partial charge is 0.494 e. The first-order valence-electron chi connectivity index (χ1n) is 7.52. The van der Waals surface area contributed by atoms with Gasteiger partial charge in [0.05, 0.1) is 6.54 Å². The molecule has 1 aliphatic rings. The number of aromatic amines is 1. The highest BCUT2D eigenvalue weighted by Gasteiger charge is 2.11. The molecule has 1 aliphatic heterocycles. The zero-order valence-corrected chi connectivity index (χ0v) is 13.4. The van der Waals surface area contributed by atoms with Crippen LogP contribution in [0.3, 0.4) is 0 Å². The molecule has 0 bridgehead atoms. The number of H-pyrrole nitrogens is 1. The summed E-state index contributed by atoms with van der Waals surface area (Å²) in [5, 5.41) is 10.2. The van der Waals surface area contributed by atoms with E-state index in [0.717, 1.165) is 19.6 Å². The van der Waals surface area contributed by atoms with E-state index in [-0.39, 0.29) is 16.2 Å². The van der Waals surface area contributed by atoms with Crippen molar-refractivity contribution in [1.82, 2.24) is 14.5 Å². The smallest absolute Gasteiger partial charge is 0.264 e. The minimum absolute atomic E-state index is 0.133. The van der Waals surface area contributed by atoms with Gasteiger partial charge in [0.25, 0.3) is 5.56 Å². The zero-order chi connectivity index (χ0) is 15.9. The minimum atomic E-state index is -0.426. The molecular formula is C15H22N4O2S. The van der Waals surface area contributed by atoms with Crippen LogP contribution in [-0.4, -0.2) is 52.0 Å². The van der Waals surface area contributed by atoms with Crippen LogP contribution in [0.25, 0.3) is 0 Å². The van der Waals surface area contributed by atoms with E-state index < -0.39 is 5.56 Å². The minimum Gasteiger partial charge on any atom is -0.494 e. The number of nitrogens with one attached hydrogen (secondary N) is 1. The van der Waals surface area contributed by atoms with E-state index in [9.17, 15) is 9.90 Å². The van der Waals surface area contributed by atoms with Crippen molar-refractivity contribution in [2.75, 3.05) is 26.2 Å². The molecule has 0 saturated carbocycles. The summed E-state index contributed by atoms with van der Waals surface area (Å²) in [6, 6.07) is 0. The van der Waals surface area contributed by atoms with Crippen LogP contribution in [0.15, 0.2) is 22.4 Å². The summed E-state index contributed by atoms with van der Waals surface area (Å²) in [7, 11) is 0. The molecule has 120 valence electrons. The lowest BCUT2D eigenvalue weighted by Crippen LogP contribution is -2.31. The van der Waals surface area contributed by atoms with Gasteiger partial charge in [-0.05, 0) is 38.1 Å². The molecule has 0 radical (unpaired) electrons. The first-order valence-corrected chi connectivity index (χ1v) is 7.93. The number of piperidine rings is 1. The molecule has 22 heavy (non-hydrogen) atoms. The molecule has 6 nitrogen and oxygen atoms in total. The van der Waals surface area contributed by atoms with Crippen molar-refractivity contribution in [3.05, 3.63) is 33.3 Å². The van der Waals surface area contributed by atoms with Gasteiger partial charge in [0.15, 0.2) is 4.77 Å². The predicted octanol–water partition coefficient (Wildman–Crippen LogP) is 1.70. The Morgan fingerprint density at radius 1 is 1.36 bits per heavy atom. The summed E-state index contributed by atoms with van der Waals surface area (Å²) in [6.45, 7) is 7.65. The lowest BCUT2D eigenvalue weighted by molar-refractivity contribution is 0.235. The predicted molar refractivity (Wildman–Crippen MR) is 90.5 cm³/mol. The maximum Gasteiger partial charge on any atom is 0.264 e. The van der Waals surface area contributed by atoms with Crippen molar-refractivity contribution in [1.29, 1.82) is 0 Å². The topological polar surface area (TPSA) is 73.6 Å². The highest BCUT2D eigenvalue weighted by molar-refractivity contribution is 7.71. The normalized spacial score (nSPS) is 16.2. The van der Waals surface area contributed by atoms with Gasteiger partial charge in [-0.1, -0.05) is 12.5 Å². The van der Waals surface area contributed by atoms with Crippen molar-refractivity contribution in [2.45, 2.75) is 25.8 Å². The maximum absolute atomic E-state index is 11.9. The van der Waals surface area contributed by atoms with Gasteiger partial charge < -0.3 is 10.0 Å². The first-order chi connectivity index (χ1) is 10.6. The van der Waals surface area contributed by atoms with E-state index in [1.165, 1.54) is 30.0 Å². The Morgan fingerprint density at radius 2 is 2.09 bits per heavy atom. The Bertz CT molecular complexity index is 656. The molecule has 0 atom stereocenters. The molecule has 1 fully saturated rings. The molecule has 7 heteroatoms. The molecule has 0 amide bonds. The van der Waals surface area contributed by atoms with Gasteiger partial charge in [0, 0.05) is 19.3 Å². The summed E-state index contributed by atoms with van der Waals surface area (Å²) in [6.07, 6.45) is 6.81. The van der Waals surface area contributed by atoms with E-state index >= 15 is 0 Å². The van der Waals surface area contributed by atoms with Gasteiger partial charge in [-0.2, -0.15) is 0 Å². The van der Waals surface area contributed by atoms with Crippen molar-refractivity contribution in [2.24, 2.45) is 4.99 Å². The van der Waals surface area contributed by atoms with Crippen LogP contribution in [0.5, 0.6) is 5.88 Å². The quantitative estimate of drug-likeness (QED) is 0.475. The molecule has 1 saturated heterocycles. The number of aliphatic imine (C=N–C) groups is 1. The Kier molecular flexibility index (Phi) is 6.09. The number of allylic oxidation sites excluding steroid dienone is 1. The van der Waals surface area contributed by atoms with Gasteiger partial charge in [-0.3, -0.25) is 19.3 Å². The number of aromatic hydroxyl groups is 1. The monoisotopic (exact) mass is 322 g/mol. The van der Waals surface area contributed by atoms with E-state index in [1.54, 1.807) is 6.08 Å². The van der Waals surface area contributed by atoms with Crippen LogP contribution >= 0.6 is 12.2 Å².